The lowest BCUT2D eigenvalue weighted by molar-refractivity contribution is 0.437. The van der Waals surface area contributed by atoms with Gasteiger partial charge in [0.2, 0.25) is 0 Å². The van der Waals surface area contributed by atoms with Gasteiger partial charge in [-0.3, -0.25) is 0 Å². The van der Waals surface area contributed by atoms with Crippen molar-refractivity contribution < 1.29 is 13.2 Å². The van der Waals surface area contributed by atoms with Crippen LogP contribution < -0.4 is 5.73 Å². The van der Waals surface area contributed by atoms with Crippen molar-refractivity contribution in [2.75, 3.05) is 6.54 Å². The Morgan fingerprint density at radius 2 is 1.85 bits per heavy atom. The molecule has 0 heterocycles. The predicted molar refractivity (Wildman–Crippen MR) is 43.8 cm³/mol. The zero-order valence-electron chi connectivity index (χ0n) is 7.15. The first kappa shape index (κ1) is 10.1. The van der Waals surface area contributed by atoms with E-state index >= 15 is 0 Å². The lowest BCUT2D eigenvalue weighted by Crippen LogP contribution is -2.11. The van der Waals surface area contributed by atoms with Gasteiger partial charge in [0.05, 0.1) is 0 Å². The SMILES string of the molecule is CC(CN)c1ccc(F)c(F)c1F. The quantitative estimate of drug-likeness (QED) is 0.709. The van der Waals surface area contributed by atoms with E-state index in [9.17, 15) is 13.2 Å². The Balaban J connectivity index is 3.18. The summed E-state index contributed by atoms with van der Waals surface area (Å²) >= 11 is 0. The van der Waals surface area contributed by atoms with Crippen LogP contribution >= 0.6 is 0 Å². The Morgan fingerprint density at radius 1 is 1.23 bits per heavy atom. The summed E-state index contributed by atoms with van der Waals surface area (Å²) in [5, 5.41) is 0. The minimum atomic E-state index is -1.43. The van der Waals surface area contributed by atoms with Crippen LogP contribution in [0.25, 0.3) is 0 Å². The van der Waals surface area contributed by atoms with E-state index in [1.165, 1.54) is 6.07 Å². The summed E-state index contributed by atoms with van der Waals surface area (Å²) in [5.74, 6) is -4.06. The third-order valence-electron chi connectivity index (χ3n) is 1.95. The molecule has 1 aromatic rings. The molecule has 0 fully saturated rings. The van der Waals surface area contributed by atoms with E-state index in [1.807, 2.05) is 0 Å². The molecule has 0 aliphatic heterocycles. The maximum absolute atomic E-state index is 13.0. The van der Waals surface area contributed by atoms with E-state index in [-0.39, 0.29) is 18.0 Å². The lowest BCUT2D eigenvalue weighted by atomic mass is 10.0. The molecule has 0 aliphatic carbocycles. The summed E-state index contributed by atoms with van der Waals surface area (Å²) in [7, 11) is 0. The molecule has 0 spiro atoms. The van der Waals surface area contributed by atoms with Crippen LogP contribution in [0, 0.1) is 17.5 Å². The van der Waals surface area contributed by atoms with Crippen LogP contribution in [0.1, 0.15) is 18.4 Å². The molecule has 0 amide bonds. The van der Waals surface area contributed by atoms with Crippen molar-refractivity contribution in [2.45, 2.75) is 12.8 Å². The lowest BCUT2D eigenvalue weighted by Gasteiger charge is -2.10. The number of rotatable bonds is 2. The number of nitrogens with two attached hydrogens (primary N) is 1. The smallest absolute Gasteiger partial charge is 0.194 e. The Bertz CT molecular complexity index is 312. The van der Waals surface area contributed by atoms with Crippen molar-refractivity contribution in [3.8, 4) is 0 Å². The van der Waals surface area contributed by atoms with Crippen LogP contribution in [0.2, 0.25) is 0 Å². The van der Waals surface area contributed by atoms with E-state index < -0.39 is 17.5 Å². The second kappa shape index (κ2) is 3.79. The predicted octanol–water partition coefficient (Wildman–Crippen LogP) is 2.17. The topological polar surface area (TPSA) is 26.0 Å². The molecular formula is C9H10F3N. The van der Waals surface area contributed by atoms with Crippen LogP contribution in [-0.4, -0.2) is 6.54 Å². The summed E-state index contributed by atoms with van der Waals surface area (Å²) in [5.41, 5.74) is 5.39. The average molecular weight is 189 g/mol. The van der Waals surface area contributed by atoms with Gasteiger partial charge in [-0.25, -0.2) is 13.2 Å². The summed E-state index contributed by atoms with van der Waals surface area (Å²) < 4.78 is 38.2. The molecule has 1 rings (SSSR count). The molecule has 13 heavy (non-hydrogen) atoms. The molecule has 0 saturated carbocycles. The number of halogens is 3. The molecule has 72 valence electrons. The fourth-order valence-electron chi connectivity index (χ4n) is 1.05. The van der Waals surface area contributed by atoms with Gasteiger partial charge in [-0.05, 0) is 24.1 Å². The second-order valence-corrected chi connectivity index (χ2v) is 2.90. The molecule has 0 aliphatic rings. The zero-order chi connectivity index (χ0) is 10.0. The fourth-order valence-corrected chi connectivity index (χ4v) is 1.05. The van der Waals surface area contributed by atoms with Crippen molar-refractivity contribution in [1.82, 2.24) is 0 Å². The van der Waals surface area contributed by atoms with Crippen molar-refractivity contribution in [2.24, 2.45) is 5.73 Å². The highest BCUT2D eigenvalue weighted by Crippen LogP contribution is 2.21. The molecule has 1 atom stereocenters. The van der Waals surface area contributed by atoms with E-state index in [0.717, 1.165) is 6.07 Å². The van der Waals surface area contributed by atoms with Crippen LogP contribution in [0.15, 0.2) is 12.1 Å². The third kappa shape index (κ3) is 1.83. The Hall–Kier alpha value is -1.03. The molecule has 1 unspecified atom stereocenters. The normalized spacial score (nSPS) is 13.0. The van der Waals surface area contributed by atoms with E-state index in [4.69, 9.17) is 5.73 Å². The van der Waals surface area contributed by atoms with Gasteiger partial charge in [-0.1, -0.05) is 13.0 Å². The first-order valence-electron chi connectivity index (χ1n) is 3.91. The monoisotopic (exact) mass is 189 g/mol. The largest absolute Gasteiger partial charge is 0.330 e. The highest BCUT2D eigenvalue weighted by Gasteiger charge is 2.16. The summed E-state index contributed by atoms with van der Waals surface area (Å²) in [6.45, 7) is 1.84. The minimum absolute atomic E-state index is 0.112. The van der Waals surface area contributed by atoms with Gasteiger partial charge in [0.15, 0.2) is 17.5 Å². The van der Waals surface area contributed by atoms with Crippen LogP contribution in [0.5, 0.6) is 0 Å². The number of benzene rings is 1. The van der Waals surface area contributed by atoms with Gasteiger partial charge in [-0.2, -0.15) is 0 Å². The Kier molecular flexibility index (Phi) is 2.93. The maximum Gasteiger partial charge on any atom is 0.194 e. The molecule has 0 bridgehead atoms. The summed E-state index contributed by atoms with van der Waals surface area (Å²) in [6.07, 6.45) is 0. The van der Waals surface area contributed by atoms with Crippen molar-refractivity contribution in [3.05, 3.63) is 35.1 Å². The molecular weight excluding hydrogens is 179 g/mol. The van der Waals surface area contributed by atoms with Gasteiger partial charge >= 0.3 is 0 Å². The molecule has 0 saturated heterocycles. The van der Waals surface area contributed by atoms with Crippen LogP contribution in [-0.2, 0) is 0 Å². The molecule has 4 heteroatoms. The first-order chi connectivity index (χ1) is 6.07. The average Bonchev–Trinajstić information content (AvgIpc) is 2.13. The highest BCUT2D eigenvalue weighted by atomic mass is 19.2. The highest BCUT2D eigenvalue weighted by molar-refractivity contribution is 5.23. The van der Waals surface area contributed by atoms with E-state index in [1.54, 1.807) is 6.92 Å². The number of hydrogen-bond acceptors (Lipinski definition) is 1. The van der Waals surface area contributed by atoms with Gasteiger partial charge < -0.3 is 5.73 Å². The van der Waals surface area contributed by atoms with Crippen molar-refractivity contribution >= 4 is 0 Å². The van der Waals surface area contributed by atoms with Crippen molar-refractivity contribution in [3.63, 3.8) is 0 Å². The van der Waals surface area contributed by atoms with Gasteiger partial charge in [-0.15, -0.1) is 0 Å². The minimum Gasteiger partial charge on any atom is -0.330 e. The van der Waals surface area contributed by atoms with Gasteiger partial charge in [0.1, 0.15) is 0 Å². The van der Waals surface area contributed by atoms with E-state index in [2.05, 4.69) is 0 Å². The summed E-state index contributed by atoms with van der Waals surface area (Å²) in [6, 6.07) is 2.12. The van der Waals surface area contributed by atoms with Crippen LogP contribution in [0.3, 0.4) is 0 Å². The third-order valence-corrected chi connectivity index (χ3v) is 1.95. The number of hydrogen-bond donors (Lipinski definition) is 1. The van der Waals surface area contributed by atoms with Crippen molar-refractivity contribution in [1.29, 1.82) is 0 Å². The van der Waals surface area contributed by atoms with Gasteiger partial charge in [0, 0.05) is 0 Å². The van der Waals surface area contributed by atoms with Crippen LogP contribution in [0.4, 0.5) is 13.2 Å². The zero-order valence-corrected chi connectivity index (χ0v) is 7.15. The molecule has 1 aromatic carbocycles. The Labute approximate surface area is 74.4 Å². The second-order valence-electron chi connectivity index (χ2n) is 2.90. The molecule has 0 radical (unpaired) electrons. The first-order valence-corrected chi connectivity index (χ1v) is 3.91. The Morgan fingerprint density at radius 3 is 2.38 bits per heavy atom. The van der Waals surface area contributed by atoms with E-state index in [0.29, 0.717) is 0 Å². The molecule has 0 aromatic heterocycles. The molecule has 2 N–H and O–H groups in total. The molecule has 1 nitrogen and oxygen atoms in total. The standard InChI is InChI=1S/C9H10F3N/c1-5(4-13)6-2-3-7(10)9(12)8(6)11/h2-3,5H,4,13H2,1H3. The fraction of sp³-hybridized carbons (Fsp3) is 0.333. The maximum atomic E-state index is 13.0. The summed E-state index contributed by atoms with van der Waals surface area (Å²) in [4.78, 5) is 0. The van der Waals surface area contributed by atoms with Gasteiger partial charge in [0.25, 0.3) is 0 Å².